The molecule has 8 nitrogen and oxygen atoms in total. The molecule has 0 radical (unpaired) electrons. The van der Waals surface area contributed by atoms with Crippen LogP contribution in [0, 0.1) is 17.5 Å². The highest BCUT2D eigenvalue weighted by Gasteiger charge is 2.40. The summed E-state index contributed by atoms with van der Waals surface area (Å²) in [6.07, 6.45) is -6.59. The second-order valence-corrected chi connectivity index (χ2v) is 8.23. The van der Waals surface area contributed by atoms with Crippen LogP contribution in [0.5, 0.6) is 0 Å². The Bertz CT molecular complexity index is 1380. The van der Waals surface area contributed by atoms with Crippen molar-refractivity contribution >= 4 is 22.8 Å². The van der Waals surface area contributed by atoms with Gasteiger partial charge in [0.2, 0.25) is 5.43 Å². The number of fused-ring (bicyclic) bond motifs is 1. The van der Waals surface area contributed by atoms with Crippen molar-refractivity contribution in [1.29, 1.82) is 0 Å². The number of nitrogens with one attached hydrogen (secondary N) is 1. The van der Waals surface area contributed by atoms with Crippen LogP contribution >= 0.6 is 0 Å². The first kappa shape index (κ1) is 25.4. The molecule has 1 aliphatic heterocycles. The number of anilines is 1. The van der Waals surface area contributed by atoms with E-state index in [9.17, 15) is 46.1 Å². The van der Waals surface area contributed by atoms with Crippen LogP contribution < -0.4 is 15.6 Å². The molecule has 1 saturated heterocycles. The zero-order chi connectivity index (χ0) is 26.5. The van der Waals surface area contributed by atoms with E-state index in [1.54, 1.807) is 5.32 Å². The summed E-state index contributed by atoms with van der Waals surface area (Å²) >= 11 is 0. The second-order valence-electron chi connectivity index (χ2n) is 8.23. The van der Waals surface area contributed by atoms with Crippen LogP contribution in [0.4, 0.5) is 32.2 Å². The first-order valence-corrected chi connectivity index (χ1v) is 10.5. The molecule has 3 N–H and O–H groups in total. The Morgan fingerprint density at radius 3 is 2.28 bits per heavy atom. The van der Waals surface area contributed by atoms with E-state index in [0.717, 1.165) is 17.2 Å². The lowest BCUT2D eigenvalue weighted by Crippen LogP contribution is -2.45. The summed E-state index contributed by atoms with van der Waals surface area (Å²) in [6.45, 7) is -0.293. The van der Waals surface area contributed by atoms with Gasteiger partial charge in [0, 0.05) is 31.4 Å². The molecular weight excluding hydrogens is 498 g/mol. The molecule has 1 aliphatic rings. The summed E-state index contributed by atoms with van der Waals surface area (Å²) in [7, 11) is 0. The molecule has 2 aromatic heterocycles. The molecule has 3 heterocycles. The number of aromatic nitrogens is 2. The lowest BCUT2D eigenvalue weighted by atomic mass is 10.1. The molecule has 3 atom stereocenters. The first-order chi connectivity index (χ1) is 16.8. The Morgan fingerprint density at radius 2 is 1.72 bits per heavy atom. The zero-order valence-electron chi connectivity index (χ0n) is 18.4. The standard InChI is InChI=1S/C22H18F6N4O4/c1-9(22(26,27)28)30-20(36)16-18(35)11-3-2-4-29-19(11)32(17-12(24)5-10(23)6-13(17)25)21(16)31-7-14(33)15(34)8-31/h2-6,9,14-15,33-34H,7-8H2,1H3,(H,30,36)/t9?,14-,15-/m1/s1. The van der Waals surface area contributed by atoms with Gasteiger partial charge in [-0.05, 0) is 19.1 Å². The predicted molar refractivity (Wildman–Crippen MR) is 114 cm³/mol. The maximum Gasteiger partial charge on any atom is 0.408 e. The quantitative estimate of drug-likeness (QED) is 0.459. The molecule has 3 aromatic rings. The number of carbonyl (C=O) groups excluding carboxylic acids is 1. The van der Waals surface area contributed by atoms with E-state index in [2.05, 4.69) is 4.98 Å². The van der Waals surface area contributed by atoms with Gasteiger partial charge < -0.3 is 20.4 Å². The van der Waals surface area contributed by atoms with E-state index >= 15 is 0 Å². The fourth-order valence-electron chi connectivity index (χ4n) is 3.96. The molecule has 192 valence electrons. The number of hydrogen-bond donors (Lipinski definition) is 3. The van der Waals surface area contributed by atoms with Crippen LogP contribution in [0.15, 0.2) is 35.3 Å². The maximum atomic E-state index is 15.0. The van der Waals surface area contributed by atoms with Gasteiger partial charge in [0.25, 0.3) is 5.91 Å². The molecule has 1 unspecified atom stereocenters. The van der Waals surface area contributed by atoms with E-state index in [0.29, 0.717) is 23.6 Å². The van der Waals surface area contributed by atoms with E-state index in [4.69, 9.17) is 0 Å². The number of hydrogen-bond acceptors (Lipinski definition) is 6. The van der Waals surface area contributed by atoms with Crippen molar-refractivity contribution in [3.63, 3.8) is 0 Å². The minimum Gasteiger partial charge on any atom is -0.389 e. The minimum atomic E-state index is -4.89. The number of benzene rings is 1. The van der Waals surface area contributed by atoms with Crippen molar-refractivity contribution in [2.45, 2.75) is 31.3 Å². The Morgan fingerprint density at radius 1 is 1.14 bits per heavy atom. The highest BCUT2D eigenvalue weighted by atomic mass is 19.4. The molecule has 1 aromatic carbocycles. The van der Waals surface area contributed by atoms with Crippen LogP contribution in [0.1, 0.15) is 17.3 Å². The highest BCUT2D eigenvalue weighted by molar-refractivity contribution is 6.03. The number of rotatable bonds is 4. The molecule has 0 bridgehead atoms. The molecule has 0 saturated carbocycles. The molecule has 0 spiro atoms. The third-order valence-corrected chi connectivity index (χ3v) is 5.74. The molecule has 36 heavy (non-hydrogen) atoms. The molecule has 14 heteroatoms. The van der Waals surface area contributed by atoms with Crippen LogP contribution in [0.25, 0.3) is 16.7 Å². The lowest BCUT2D eigenvalue weighted by Gasteiger charge is -2.28. The average molecular weight is 516 g/mol. The predicted octanol–water partition coefficient (Wildman–Crippen LogP) is 2.03. The molecule has 1 amide bonds. The summed E-state index contributed by atoms with van der Waals surface area (Å²) in [5, 5.41) is 21.4. The Hall–Kier alpha value is -3.65. The van der Waals surface area contributed by atoms with Gasteiger partial charge in [-0.15, -0.1) is 0 Å². The summed E-state index contributed by atoms with van der Waals surface area (Å²) in [4.78, 5) is 31.4. The van der Waals surface area contributed by atoms with Crippen molar-refractivity contribution in [3.8, 4) is 5.69 Å². The number of nitrogens with zero attached hydrogens (tertiary/aromatic N) is 3. The van der Waals surface area contributed by atoms with Gasteiger partial charge in [0.1, 0.15) is 34.6 Å². The minimum absolute atomic E-state index is 0.328. The first-order valence-electron chi connectivity index (χ1n) is 10.5. The fraction of sp³-hybridized carbons (Fsp3) is 0.318. The van der Waals surface area contributed by atoms with Crippen molar-refractivity contribution in [2.24, 2.45) is 0 Å². The molecule has 4 rings (SSSR count). The third kappa shape index (κ3) is 4.37. The van der Waals surface area contributed by atoms with Crippen LogP contribution in [-0.4, -0.2) is 63.2 Å². The maximum absolute atomic E-state index is 15.0. The smallest absolute Gasteiger partial charge is 0.389 e. The van der Waals surface area contributed by atoms with E-state index in [1.807, 2.05) is 0 Å². The summed E-state index contributed by atoms with van der Waals surface area (Å²) in [5.41, 5.74) is -3.45. The van der Waals surface area contributed by atoms with Gasteiger partial charge in [0.15, 0.2) is 11.6 Å². The molecular formula is C22H18F6N4O4. The number of β-amino-alcohol motifs (C(OH)–C–C–N with tert-alkyl or cyclic N) is 2. The van der Waals surface area contributed by atoms with Gasteiger partial charge in [-0.25, -0.2) is 18.2 Å². The van der Waals surface area contributed by atoms with Gasteiger partial charge in [0.05, 0.1) is 17.6 Å². The van der Waals surface area contributed by atoms with E-state index in [1.165, 1.54) is 6.07 Å². The summed E-state index contributed by atoms with van der Waals surface area (Å²) in [5.74, 6) is -6.40. The van der Waals surface area contributed by atoms with Crippen LogP contribution in [-0.2, 0) is 0 Å². The van der Waals surface area contributed by atoms with Crippen molar-refractivity contribution in [3.05, 3.63) is 63.7 Å². The van der Waals surface area contributed by atoms with Crippen molar-refractivity contribution < 1.29 is 41.4 Å². The van der Waals surface area contributed by atoms with Gasteiger partial charge in [-0.1, -0.05) is 0 Å². The van der Waals surface area contributed by atoms with Gasteiger partial charge in [-0.3, -0.25) is 14.2 Å². The monoisotopic (exact) mass is 516 g/mol. The zero-order valence-corrected chi connectivity index (χ0v) is 18.4. The molecule has 0 aliphatic carbocycles. The summed E-state index contributed by atoms with van der Waals surface area (Å²) in [6, 6.07) is 0.642. The number of carbonyl (C=O) groups is 1. The summed E-state index contributed by atoms with van der Waals surface area (Å²) < 4.78 is 83.7. The third-order valence-electron chi connectivity index (χ3n) is 5.74. The number of aliphatic hydroxyl groups excluding tert-OH is 2. The van der Waals surface area contributed by atoms with E-state index < -0.39 is 89.0 Å². The Kier molecular flexibility index (Phi) is 6.43. The number of halogens is 6. The second kappa shape index (κ2) is 9.09. The normalized spacial score (nSPS) is 19.1. The van der Waals surface area contributed by atoms with Crippen LogP contribution in [0.3, 0.4) is 0 Å². The average Bonchev–Trinajstić information content (AvgIpc) is 3.11. The van der Waals surface area contributed by atoms with Crippen molar-refractivity contribution in [1.82, 2.24) is 14.9 Å². The molecule has 1 fully saturated rings. The van der Waals surface area contributed by atoms with Crippen LogP contribution in [0.2, 0.25) is 0 Å². The Balaban J connectivity index is 2.12. The van der Waals surface area contributed by atoms with Gasteiger partial charge >= 0.3 is 6.18 Å². The number of pyridine rings is 2. The highest BCUT2D eigenvalue weighted by Crippen LogP contribution is 2.33. The number of amides is 1. The largest absolute Gasteiger partial charge is 0.408 e. The SMILES string of the molecule is CC(NC(=O)c1c(N2C[C@@H](O)[C@H](O)C2)n(-c2c(F)cc(F)cc2F)c2ncccc2c1=O)C(F)(F)F. The Labute approximate surface area is 198 Å². The number of aliphatic hydroxyl groups is 2. The lowest BCUT2D eigenvalue weighted by molar-refractivity contribution is -0.149. The van der Waals surface area contributed by atoms with Crippen molar-refractivity contribution in [2.75, 3.05) is 18.0 Å². The topological polar surface area (TPSA) is 108 Å². The number of alkyl halides is 3. The van der Waals surface area contributed by atoms with E-state index in [-0.39, 0.29) is 5.39 Å². The van der Waals surface area contributed by atoms with Gasteiger partial charge in [-0.2, -0.15) is 13.2 Å². The fourth-order valence-corrected chi connectivity index (χ4v) is 3.96.